The van der Waals surface area contributed by atoms with Crippen molar-refractivity contribution in [2.75, 3.05) is 5.32 Å². The van der Waals surface area contributed by atoms with Crippen LogP contribution < -0.4 is 5.32 Å². The van der Waals surface area contributed by atoms with Crippen molar-refractivity contribution < 1.29 is 4.92 Å². The lowest BCUT2D eigenvalue weighted by Gasteiger charge is -2.07. The predicted molar refractivity (Wildman–Crippen MR) is 76.6 cm³/mol. The fourth-order valence-electron chi connectivity index (χ4n) is 1.79. The zero-order chi connectivity index (χ0) is 13.8. The van der Waals surface area contributed by atoms with E-state index in [1.165, 1.54) is 11.6 Å². The summed E-state index contributed by atoms with van der Waals surface area (Å²) in [5, 5.41) is 14.0. The molecule has 0 fully saturated rings. The molecule has 0 spiro atoms. The van der Waals surface area contributed by atoms with Gasteiger partial charge in [0, 0.05) is 18.3 Å². The Morgan fingerprint density at radius 2 is 2.05 bits per heavy atom. The minimum Gasteiger partial charge on any atom is -0.381 e. The Bertz CT molecular complexity index is 614. The van der Waals surface area contributed by atoms with Gasteiger partial charge in [0.25, 0.3) is 5.69 Å². The van der Waals surface area contributed by atoms with Crippen LogP contribution in [-0.4, -0.2) is 4.92 Å². The minimum atomic E-state index is -0.493. The van der Waals surface area contributed by atoms with Crippen molar-refractivity contribution >= 4 is 23.0 Å². The van der Waals surface area contributed by atoms with Crippen molar-refractivity contribution in [2.24, 2.45) is 0 Å². The molecule has 19 heavy (non-hydrogen) atoms. The molecule has 0 radical (unpaired) electrons. The SMILES string of the molecule is Cc1cccc(CNc2ccc([N+](=O)[O-])c(Cl)c2)c1. The van der Waals surface area contributed by atoms with Crippen LogP contribution in [0.5, 0.6) is 0 Å². The number of benzene rings is 2. The van der Waals surface area contributed by atoms with Crippen molar-refractivity contribution in [1.82, 2.24) is 0 Å². The predicted octanol–water partition coefficient (Wildman–Crippen LogP) is 4.17. The summed E-state index contributed by atoms with van der Waals surface area (Å²) in [4.78, 5) is 10.2. The molecule has 2 aromatic rings. The number of rotatable bonds is 4. The van der Waals surface area contributed by atoms with Crippen molar-refractivity contribution in [3.05, 3.63) is 68.7 Å². The molecule has 0 aliphatic rings. The van der Waals surface area contributed by atoms with Gasteiger partial charge in [-0.1, -0.05) is 41.4 Å². The van der Waals surface area contributed by atoms with Gasteiger partial charge < -0.3 is 5.32 Å². The van der Waals surface area contributed by atoms with Crippen LogP contribution in [0.1, 0.15) is 11.1 Å². The van der Waals surface area contributed by atoms with Crippen LogP contribution in [0, 0.1) is 17.0 Å². The van der Waals surface area contributed by atoms with Crippen LogP contribution >= 0.6 is 11.6 Å². The standard InChI is InChI=1S/C14H13ClN2O2/c1-10-3-2-4-11(7-10)9-16-12-5-6-14(17(18)19)13(15)8-12/h2-8,16H,9H2,1H3. The first-order valence-electron chi connectivity index (χ1n) is 5.79. The first kappa shape index (κ1) is 13.4. The molecule has 0 aliphatic heterocycles. The molecule has 0 heterocycles. The second-order valence-corrected chi connectivity index (χ2v) is 4.67. The van der Waals surface area contributed by atoms with Crippen molar-refractivity contribution in [2.45, 2.75) is 13.5 Å². The number of nitro benzene ring substituents is 1. The van der Waals surface area contributed by atoms with Gasteiger partial charge in [-0.15, -0.1) is 0 Å². The van der Waals surface area contributed by atoms with E-state index in [0.717, 1.165) is 11.3 Å². The highest BCUT2D eigenvalue weighted by Crippen LogP contribution is 2.27. The summed E-state index contributed by atoms with van der Waals surface area (Å²) in [6.07, 6.45) is 0. The molecule has 2 aromatic carbocycles. The van der Waals surface area contributed by atoms with Crippen LogP contribution in [-0.2, 0) is 6.54 Å². The largest absolute Gasteiger partial charge is 0.381 e. The molecular weight excluding hydrogens is 264 g/mol. The van der Waals surface area contributed by atoms with E-state index in [1.807, 2.05) is 25.1 Å². The zero-order valence-corrected chi connectivity index (χ0v) is 11.1. The maximum Gasteiger partial charge on any atom is 0.288 e. The van der Waals surface area contributed by atoms with Gasteiger partial charge in [0.2, 0.25) is 0 Å². The number of nitrogens with one attached hydrogen (secondary N) is 1. The summed E-state index contributed by atoms with van der Waals surface area (Å²) >= 11 is 5.85. The van der Waals surface area contributed by atoms with E-state index in [2.05, 4.69) is 11.4 Å². The maximum absolute atomic E-state index is 10.7. The molecule has 2 rings (SSSR count). The van der Waals surface area contributed by atoms with E-state index in [4.69, 9.17) is 11.6 Å². The van der Waals surface area contributed by atoms with Gasteiger partial charge >= 0.3 is 0 Å². The van der Waals surface area contributed by atoms with E-state index >= 15 is 0 Å². The van der Waals surface area contributed by atoms with Crippen molar-refractivity contribution in [3.8, 4) is 0 Å². The van der Waals surface area contributed by atoms with Crippen molar-refractivity contribution in [1.29, 1.82) is 0 Å². The monoisotopic (exact) mass is 276 g/mol. The maximum atomic E-state index is 10.7. The molecule has 0 aromatic heterocycles. The van der Waals surface area contributed by atoms with E-state index in [-0.39, 0.29) is 10.7 Å². The Labute approximate surface area is 116 Å². The van der Waals surface area contributed by atoms with Crippen LogP contribution in [0.4, 0.5) is 11.4 Å². The molecule has 1 N–H and O–H groups in total. The molecule has 0 aliphatic carbocycles. The normalized spacial score (nSPS) is 10.2. The molecule has 5 heteroatoms. The first-order valence-corrected chi connectivity index (χ1v) is 6.17. The van der Waals surface area contributed by atoms with Crippen LogP contribution in [0.3, 0.4) is 0 Å². The lowest BCUT2D eigenvalue weighted by molar-refractivity contribution is -0.384. The topological polar surface area (TPSA) is 55.2 Å². The summed E-state index contributed by atoms with van der Waals surface area (Å²) in [5.41, 5.74) is 3.02. The minimum absolute atomic E-state index is 0.0808. The number of hydrogen-bond donors (Lipinski definition) is 1. The van der Waals surface area contributed by atoms with E-state index in [9.17, 15) is 10.1 Å². The summed E-state index contributed by atoms with van der Waals surface area (Å²) in [6, 6.07) is 12.8. The Morgan fingerprint density at radius 1 is 1.26 bits per heavy atom. The number of anilines is 1. The van der Waals surface area contributed by atoms with E-state index < -0.39 is 4.92 Å². The van der Waals surface area contributed by atoms with Gasteiger partial charge in [0.1, 0.15) is 5.02 Å². The number of halogens is 1. The zero-order valence-electron chi connectivity index (χ0n) is 10.4. The molecule has 0 saturated carbocycles. The van der Waals surface area contributed by atoms with E-state index in [0.29, 0.717) is 6.54 Å². The smallest absolute Gasteiger partial charge is 0.288 e. The van der Waals surface area contributed by atoms with Gasteiger partial charge in [0.15, 0.2) is 0 Å². The first-order chi connectivity index (χ1) is 9.06. The van der Waals surface area contributed by atoms with Crippen LogP contribution in [0.25, 0.3) is 0 Å². The molecule has 0 amide bonds. The molecule has 4 nitrogen and oxygen atoms in total. The molecule has 0 bridgehead atoms. The van der Waals surface area contributed by atoms with Gasteiger partial charge in [0.05, 0.1) is 4.92 Å². The second-order valence-electron chi connectivity index (χ2n) is 4.27. The number of nitrogens with zero attached hydrogens (tertiary/aromatic N) is 1. The lowest BCUT2D eigenvalue weighted by Crippen LogP contribution is -2.00. The Hall–Kier alpha value is -2.07. The van der Waals surface area contributed by atoms with Crippen LogP contribution in [0.2, 0.25) is 5.02 Å². The summed E-state index contributed by atoms with van der Waals surface area (Å²) < 4.78 is 0. The molecule has 0 saturated heterocycles. The van der Waals surface area contributed by atoms with Gasteiger partial charge in [-0.05, 0) is 24.6 Å². The highest BCUT2D eigenvalue weighted by Gasteiger charge is 2.11. The molecular formula is C14H13ClN2O2. The number of hydrogen-bond acceptors (Lipinski definition) is 3. The van der Waals surface area contributed by atoms with E-state index in [1.54, 1.807) is 12.1 Å². The summed E-state index contributed by atoms with van der Waals surface area (Å²) in [6.45, 7) is 2.68. The quantitative estimate of drug-likeness (QED) is 0.673. The third-order valence-corrected chi connectivity index (χ3v) is 3.03. The third kappa shape index (κ3) is 3.45. The summed E-state index contributed by atoms with van der Waals surface area (Å²) in [7, 11) is 0. The molecule has 0 atom stereocenters. The van der Waals surface area contributed by atoms with Crippen molar-refractivity contribution in [3.63, 3.8) is 0 Å². The second kappa shape index (κ2) is 5.71. The van der Waals surface area contributed by atoms with Gasteiger partial charge in [-0.3, -0.25) is 10.1 Å². The summed E-state index contributed by atoms with van der Waals surface area (Å²) in [5.74, 6) is 0. The molecule has 0 unspecified atom stereocenters. The Balaban J connectivity index is 2.08. The highest BCUT2D eigenvalue weighted by atomic mass is 35.5. The Kier molecular flexibility index (Phi) is 4.02. The number of nitro groups is 1. The van der Waals surface area contributed by atoms with Gasteiger partial charge in [-0.25, -0.2) is 0 Å². The fourth-order valence-corrected chi connectivity index (χ4v) is 2.04. The van der Waals surface area contributed by atoms with Crippen LogP contribution in [0.15, 0.2) is 42.5 Å². The third-order valence-electron chi connectivity index (χ3n) is 2.72. The molecule has 98 valence electrons. The Morgan fingerprint density at radius 3 is 2.68 bits per heavy atom. The fraction of sp³-hybridized carbons (Fsp3) is 0.143. The average Bonchev–Trinajstić information content (AvgIpc) is 2.36. The average molecular weight is 277 g/mol. The number of aryl methyl sites for hydroxylation is 1. The lowest BCUT2D eigenvalue weighted by atomic mass is 10.1. The van der Waals surface area contributed by atoms with Gasteiger partial charge in [-0.2, -0.15) is 0 Å². The highest BCUT2D eigenvalue weighted by molar-refractivity contribution is 6.32.